The Morgan fingerprint density at radius 1 is 1.22 bits per heavy atom. The van der Waals surface area contributed by atoms with Crippen LogP contribution in [0.5, 0.6) is 0 Å². The molecule has 1 heteroatoms. The standard InChI is InChI=1S/C8H13N/c1-3-5-8(4-2)6-7-9/h3-7H,9H2,1-2H3/b5-3-,7-6?,8-4+. The van der Waals surface area contributed by atoms with Gasteiger partial charge in [-0.2, -0.15) is 0 Å². The van der Waals surface area contributed by atoms with Crippen molar-refractivity contribution in [1.82, 2.24) is 0 Å². The summed E-state index contributed by atoms with van der Waals surface area (Å²) in [5.74, 6) is 0. The van der Waals surface area contributed by atoms with Crippen molar-refractivity contribution in [3.63, 3.8) is 0 Å². The predicted molar refractivity (Wildman–Crippen MR) is 41.9 cm³/mol. The van der Waals surface area contributed by atoms with Crippen LogP contribution >= 0.6 is 0 Å². The highest BCUT2D eigenvalue weighted by atomic mass is 14.5. The lowest BCUT2D eigenvalue weighted by molar-refractivity contribution is 1.52. The van der Waals surface area contributed by atoms with E-state index in [1.807, 2.05) is 38.2 Å². The monoisotopic (exact) mass is 123 g/mol. The SMILES string of the molecule is C/C=C\C(C=CN)=C/C. The van der Waals surface area contributed by atoms with E-state index >= 15 is 0 Å². The second kappa shape index (κ2) is 5.16. The molecule has 0 aromatic heterocycles. The van der Waals surface area contributed by atoms with Crippen LogP contribution in [0.2, 0.25) is 0 Å². The van der Waals surface area contributed by atoms with E-state index in [9.17, 15) is 0 Å². The van der Waals surface area contributed by atoms with Gasteiger partial charge in [0.15, 0.2) is 0 Å². The van der Waals surface area contributed by atoms with Gasteiger partial charge in [0.2, 0.25) is 0 Å². The van der Waals surface area contributed by atoms with Gasteiger partial charge in [-0.15, -0.1) is 0 Å². The lowest BCUT2D eigenvalue weighted by Gasteiger charge is -1.86. The normalized spacial score (nSPS) is 13.8. The summed E-state index contributed by atoms with van der Waals surface area (Å²) < 4.78 is 0. The van der Waals surface area contributed by atoms with Gasteiger partial charge < -0.3 is 5.73 Å². The summed E-state index contributed by atoms with van der Waals surface area (Å²) in [5.41, 5.74) is 6.32. The zero-order valence-electron chi connectivity index (χ0n) is 5.96. The molecular formula is C8H13N. The molecule has 0 amide bonds. The average molecular weight is 123 g/mol. The van der Waals surface area contributed by atoms with E-state index in [-0.39, 0.29) is 0 Å². The molecular weight excluding hydrogens is 110 g/mol. The van der Waals surface area contributed by atoms with Crippen molar-refractivity contribution >= 4 is 0 Å². The van der Waals surface area contributed by atoms with E-state index in [4.69, 9.17) is 5.73 Å². The number of allylic oxidation sites excluding steroid dienone is 5. The van der Waals surface area contributed by atoms with Gasteiger partial charge >= 0.3 is 0 Å². The minimum atomic E-state index is 1.14. The number of hydrogen-bond donors (Lipinski definition) is 1. The van der Waals surface area contributed by atoms with E-state index in [2.05, 4.69) is 0 Å². The van der Waals surface area contributed by atoms with Crippen LogP contribution in [0, 0.1) is 0 Å². The Morgan fingerprint density at radius 3 is 2.22 bits per heavy atom. The van der Waals surface area contributed by atoms with Crippen molar-refractivity contribution in [2.45, 2.75) is 13.8 Å². The fraction of sp³-hybridized carbons (Fsp3) is 0.250. The van der Waals surface area contributed by atoms with Crippen LogP contribution in [-0.2, 0) is 0 Å². The van der Waals surface area contributed by atoms with Gasteiger partial charge in [-0.25, -0.2) is 0 Å². The van der Waals surface area contributed by atoms with Crippen molar-refractivity contribution in [2.75, 3.05) is 0 Å². The number of rotatable bonds is 2. The van der Waals surface area contributed by atoms with Crippen LogP contribution in [0.3, 0.4) is 0 Å². The first-order chi connectivity index (χ1) is 4.35. The van der Waals surface area contributed by atoms with Crippen LogP contribution in [0.25, 0.3) is 0 Å². The van der Waals surface area contributed by atoms with E-state index in [0.29, 0.717) is 0 Å². The molecule has 0 unspecified atom stereocenters. The largest absolute Gasteiger partial charge is 0.405 e. The molecule has 0 aliphatic heterocycles. The molecule has 50 valence electrons. The average Bonchev–Trinajstić information content (AvgIpc) is 1.88. The first-order valence-corrected chi connectivity index (χ1v) is 3.02. The van der Waals surface area contributed by atoms with Gasteiger partial charge in [0.25, 0.3) is 0 Å². The Bertz CT molecular complexity index is 127. The molecule has 9 heavy (non-hydrogen) atoms. The minimum absolute atomic E-state index is 1.14. The Labute approximate surface area is 56.6 Å². The highest BCUT2D eigenvalue weighted by Crippen LogP contribution is 1.96. The van der Waals surface area contributed by atoms with Gasteiger partial charge in [-0.05, 0) is 31.7 Å². The Morgan fingerprint density at radius 2 is 1.89 bits per heavy atom. The van der Waals surface area contributed by atoms with Crippen molar-refractivity contribution in [2.24, 2.45) is 5.73 Å². The van der Waals surface area contributed by atoms with Crippen LogP contribution in [0.4, 0.5) is 0 Å². The van der Waals surface area contributed by atoms with Gasteiger partial charge in [-0.1, -0.05) is 18.2 Å². The molecule has 2 N–H and O–H groups in total. The predicted octanol–water partition coefficient (Wildman–Crippen LogP) is 1.98. The maximum absolute atomic E-state index is 5.18. The second-order valence-electron chi connectivity index (χ2n) is 1.65. The molecule has 0 rings (SSSR count). The Hall–Kier alpha value is -0.980. The van der Waals surface area contributed by atoms with Gasteiger partial charge in [-0.3, -0.25) is 0 Å². The van der Waals surface area contributed by atoms with Crippen molar-refractivity contribution < 1.29 is 0 Å². The molecule has 0 spiro atoms. The molecule has 0 bridgehead atoms. The summed E-state index contributed by atoms with van der Waals surface area (Å²) in [6.45, 7) is 3.96. The van der Waals surface area contributed by atoms with Gasteiger partial charge in [0, 0.05) is 0 Å². The number of hydrogen-bond acceptors (Lipinski definition) is 1. The fourth-order valence-corrected chi connectivity index (χ4v) is 0.552. The van der Waals surface area contributed by atoms with Crippen LogP contribution in [0.15, 0.2) is 36.1 Å². The molecule has 0 fully saturated rings. The molecule has 0 atom stereocenters. The quantitative estimate of drug-likeness (QED) is 0.558. The fourth-order valence-electron chi connectivity index (χ4n) is 0.552. The molecule has 0 saturated carbocycles. The first-order valence-electron chi connectivity index (χ1n) is 3.02. The highest BCUT2D eigenvalue weighted by molar-refractivity contribution is 5.28. The zero-order valence-corrected chi connectivity index (χ0v) is 5.96. The van der Waals surface area contributed by atoms with Crippen LogP contribution < -0.4 is 5.73 Å². The molecule has 1 nitrogen and oxygen atoms in total. The van der Waals surface area contributed by atoms with Crippen LogP contribution in [-0.4, -0.2) is 0 Å². The lowest BCUT2D eigenvalue weighted by Crippen LogP contribution is -1.77. The third-order valence-electron chi connectivity index (χ3n) is 0.981. The van der Waals surface area contributed by atoms with E-state index < -0.39 is 0 Å². The zero-order chi connectivity index (χ0) is 7.11. The van der Waals surface area contributed by atoms with Crippen molar-refractivity contribution in [3.05, 3.63) is 36.1 Å². The topological polar surface area (TPSA) is 26.0 Å². The summed E-state index contributed by atoms with van der Waals surface area (Å²) in [4.78, 5) is 0. The molecule has 0 aliphatic rings. The number of nitrogens with two attached hydrogens (primary N) is 1. The minimum Gasteiger partial charge on any atom is -0.405 e. The highest BCUT2D eigenvalue weighted by Gasteiger charge is 1.77. The van der Waals surface area contributed by atoms with Crippen LogP contribution in [0.1, 0.15) is 13.8 Å². The van der Waals surface area contributed by atoms with Crippen molar-refractivity contribution in [1.29, 1.82) is 0 Å². The maximum atomic E-state index is 5.18. The van der Waals surface area contributed by atoms with Gasteiger partial charge in [0.1, 0.15) is 0 Å². The molecule has 0 heterocycles. The summed E-state index contributed by atoms with van der Waals surface area (Å²) in [7, 11) is 0. The summed E-state index contributed by atoms with van der Waals surface area (Å²) in [6, 6.07) is 0. The summed E-state index contributed by atoms with van der Waals surface area (Å²) in [5, 5.41) is 0. The summed E-state index contributed by atoms with van der Waals surface area (Å²) >= 11 is 0. The summed E-state index contributed by atoms with van der Waals surface area (Å²) in [6.07, 6.45) is 9.39. The molecule has 0 aromatic rings. The third-order valence-corrected chi connectivity index (χ3v) is 0.981. The second-order valence-corrected chi connectivity index (χ2v) is 1.65. The Kier molecular flexibility index (Phi) is 4.60. The molecule has 0 radical (unpaired) electrons. The van der Waals surface area contributed by atoms with E-state index in [1.165, 1.54) is 6.20 Å². The van der Waals surface area contributed by atoms with E-state index in [1.54, 1.807) is 0 Å². The van der Waals surface area contributed by atoms with Crippen molar-refractivity contribution in [3.8, 4) is 0 Å². The lowest BCUT2D eigenvalue weighted by atomic mass is 10.2. The molecule has 0 saturated heterocycles. The smallest absolute Gasteiger partial charge is 0.00565 e. The van der Waals surface area contributed by atoms with Gasteiger partial charge in [0.05, 0.1) is 0 Å². The van der Waals surface area contributed by atoms with E-state index in [0.717, 1.165) is 5.57 Å². The first kappa shape index (κ1) is 8.02. The Balaban J connectivity index is 4.01. The third kappa shape index (κ3) is 3.59. The molecule has 0 aromatic carbocycles. The molecule has 0 aliphatic carbocycles. The maximum Gasteiger partial charge on any atom is -0.00565 e.